The number of aliphatic hydroxyl groups is 1. The van der Waals surface area contributed by atoms with Crippen LogP contribution in [0.1, 0.15) is 69.1 Å². The molecule has 0 radical (unpaired) electrons. The van der Waals surface area contributed by atoms with Gasteiger partial charge in [-0.05, 0) is 103 Å². The molecule has 2 aromatic carbocycles. The summed E-state index contributed by atoms with van der Waals surface area (Å²) in [5.41, 5.74) is 8.01. The van der Waals surface area contributed by atoms with E-state index in [0.29, 0.717) is 63.7 Å². The zero-order valence-corrected chi connectivity index (χ0v) is 26.0. The third kappa shape index (κ3) is 7.99. The molecule has 0 saturated heterocycles. The van der Waals surface area contributed by atoms with Gasteiger partial charge in [0.15, 0.2) is 0 Å². The van der Waals surface area contributed by atoms with Gasteiger partial charge in [-0.15, -0.1) is 0 Å². The SMILES string of the molecule is CC(C)(C)[C@H](C1CC(c2cc(F)ccc2F)CC1Cc1cccc(CCCN2C(=O)C=CC2=O)c1)N(CCCN)C(=O)CO. The lowest BCUT2D eigenvalue weighted by Crippen LogP contribution is -2.54. The zero-order chi connectivity index (χ0) is 32.0. The predicted octanol–water partition coefficient (Wildman–Crippen LogP) is 4.76. The highest BCUT2D eigenvalue weighted by molar-refractivity contribution is 6.12. The number of rotatable bonds is 13. The minimum Gasteiger partial charge on any atom is -0.387 e. The normalized spacial score (nSPS) is 20.9. The van der Waals surface area contributed by atoms with Crippen molar-refractivity contribution in [2.24, 2.45) is 23.0 Å². The number of carbonyl (C=O) groups is 3. The van der Waals surface area contributed by atoms with Gasteiger partial charge in [0.2, 0.25) is 5.91 Å². The number of halogens is 2. The van der Waals surface area contributed by atoms with Gasteiger partial charge in [-0.3, -0.25) is 19.3 Å². The molecule has 1 aliphatic carbocycles. The number of hydrogen-bond donors (Lipinski definition) is 2. The van der Waals surface area contributed by atoms with E-state index in [2.05, 4.69) is 32.9 Å². The van der Waals surface area contributed by atoms with Crippen LogP contribution in [0, 0.1) is 28.9 Å². The predicted molar refractivity (Wildman–Crippen MR) is 165 cm³/mol. The molecule has 44 heavy (non-hydrogen) atoms. The van der Waals surface area contributed by atoms with E-state index in [4.69, 9.17) is 5.73 Å². The molecule has 1 aliphatic heterocycles. The summed E-state index contributed by atoms with van der Waals surface area (Å²) in [5, 5.41) is 9.90. The van der Waals surface area contributed by atoms with E-state index in [-0.39, 0.29) is 46.9 Å². The lowest BCUT2D eigenvalue weighted by Gasteiger charge is -2.46. The van der Waals surface area contributed by atoms with Crippen LogP contribution in [-0.4, -0.2) is 64.9 Å². The third-order valence-corrected chi connectivity index (χ3v) is 9.07. The quantitative estimate of drug-likeness (QED) is 0.319. The summed E-state index contributed by atoms with van der Waals surface area (Å²) in [6, 6.07) is 11.6. The maximum Gasteiger partial charge on any atom is 0.253 e. The van der Waals surface area contributed by atoms with Crippen molar-refractivity contribution in [2.75, 3.05) is 26.2 Å². The number of benzene rings is 2. The van der Waals surface area contributed by atoms with Crippen molar-refractivity contribution in [1.82, 2.24) is 9.80 Å². The Kier molecular flexibility index (Phi) is 11.1. The van der Waals surface area contributed by atoms with Crippen LogP contribution < -0.4 is 5.73 Å². The second-order valence-corrected chi connectivity index (χ2v) is 13.2. The first kappa shape index (κ1) is 33.5. The van der Waals surface area contributed by atoms with Crippen molar-refractivity contribution in [3.05, 3.63) is 82.9 Å². The third-order valence-electron chi connectivity index (χ3n) is 9.07. The van der Waals surface area contributed by atoms with E-state index >= 15 is 4.39 Å². The highest BCUT2D eigenvalue weighted by Gasteiger charge is 2.47. The fraction of sp³-hybridized carbons (Fsp3) is 0.514. The summed E-state index contributed by atoms with van der Waals surface area (Å²) in [5.74, 6) is -2.04. The van der Waals surface area contributed by atoms with Gasteiger partial charge in [0, 0.05) is 31.3 Å². The minimum absolute atomic E-state index is 0.0423. The van der Waals surface area contributed by atoms with Crippen LogP contribution in [0.3, 0.4) is 0 Å². The van der Waals surface area contributed by atoms with E-state index < -0.39 is 18.2 Å². The van der Waals surface area contributed by atoms with Gasteiger partial charge in [-0.1, -0.05) is 45.0 Å². The largest absolute Gasteiger partial charge is 0.387 e. The molecule has 0 aromatic heterocycles. The summed E-state index contributed by atoms with van der Waals surface area (Å²) in [7, 11) is 0. The van der Waals surface area contributed by atoms with Gasteiger partial charge in [0.1, 0.15) is 18.2 Å². The van der Waals surface area contributed by atoms with Crippen LogP contribution in [0.15, 0.2) is 54.6 Å². The van der Waals surface area contributed by atoms with Crippen molar-refractivity contribution >= 4 is 17.7 Å². The molecule has 3 N–H and O–H groups in total. The molecule has 4 rings (SSSR count). The highest BCUT2D eigenvalue weighted by atomic mass is 19.1. The Morgan fingerprint density at radius 2 is 1.75 bits per heavy atom. The van der Waals surface area contributed by atoms with Gasteiger partial charge < -0.3 is 15.7 Å². The summed E-state index contributed by atoms with van der Waals surface area (Å²) in [6.07, 6.45) is 6.40. The van der Waals surface area contributed by atoms with Crippen LogP contribution in [0.5, 0.6) is 0 Å². The number of carbonyl (C=O) groups excluding carboxylic acids is 3. The molecule has 238 valence electrons. The smallest absolute Gasteiger partial charge is 0.253 e. The first-order valence-electron chi connectivity index (χ1n) is 15.6. The first-order chi connectivity index (χ1) is 20.9. The minimum atomic E-state index is -0.608. The summed E-state index contributed by atoms with van der Waals surface area (Å²) in [4.78, 5) is 39.9. The Labute approximate surface area is 259 Å². The maximum atomic E-state index is 15.0. The zero-order valence-electron chi connectivity index (χ0n) is 26.0. The number of nitrogens with zero attached hydrogens (tertiary/aromatic N) is 2. The van der Waals surface area contributed by atoms with E-state index in [1.54, 1.807) is 4.90 Å². The second kappa shape index (κ2) is 14.6. The van der Waals surface area contributed by atoms with Crippen LogP contribution in [-0.2, 0) is 27.2 Å². The Morgan fingerprint density at radius 3 is 2.41 bits per heavy atom. The fourth-order valence-electron chi connectivity index (χ4n) is 7.28. The lowest BCUT2D eigenvalue weighted by atomic mass is 9.72. The topological polar surface area (TPSA) is 104 Å². The molecule has 0 bridgehead atoms. The molecule has 1 heterocycles. The number of aryl methyl sites for hydroxylation is 1. The molecule has 2 aliphatic rings. The van der Waals surface area contributed by atoms with Crippen LogP contribution in [0.2, 0.25) is 0 Å². The average Bonchev–Trinajstić information content (AvgIpc) is 3.53. The lowest BCUT2D eigenvalue weighted by molar-refractivity contribution is -0.141. The summed E-state index contributed by atoms with van der Waals surface area (Å²) in [6.45, 7) is 6.80. The molecule has 2 aromatic rings. The Balaban J connectivity index is 1.61. The Hall–Kier alpha value is -3.43. The maximum absolute atomic E-state index is 15.0. The van der Waals surface area contributed by atoms with Gasteiger partial charge in [0.25, 0.3) is 11.8 Å². The average molecular weight is 610 g/mol. The molecule has 3 amide bonds. The van der Waals surface area contributed by atoms with Crippen LogP contribution >= 0.6 is 0 Å². The number of nitrogens with two attached hydrogens (primary N) is 1. The molecule has 4 atom stereocenters. The van der Waals surface area contributed by atoms with E-state index in [0.717, 1.165) is 17.2 Å². The molecule has 9 heteroatoms. The number of hydrogen-bond acceptors (Lipinski definition) is 5. The van der Waals surface area contributed by atoms with Crippen molar-refractivity contribution in [3.8, 4) is 0 Å². The number of imide groups is 1. The molecular formula is C35H45F2N3O4. The molecule has 7 nitrogen and oxygen atoms in total. The standard InChI is InChI=1S/C35H45F2N3O4/c1-35(2,3)34(40(16-6-14-38)33(44)22-41)29-20-26(28-21-27(36)10-11-30(28)37)19-25(29)18-24-8-4-7-23(17-24)9-5-15-39-31(42)12-13-32(39)43/h4,7-8,10-13,17,21,25-26,29,34,41H,5-6,9,14-16,18-20,22,38H2,1-3H3/t25?,26?,29?,34-/m0/s1. The molecular weight excluding hydrogens is 564 g/mol. The molecule has 0 spiro atoms. The number of amides is 3. The van der Waals surface area contributed by atoms with Crippen molar-refractivity contribution < 1.29 is 28.3 Å². The van der Waals surface area contributed by atoms with E-state index in [1.165, 1.54) is 29.2 Å². The van der Waals surface area contributed by atoms with Crippen molar-refractivity contribution in [1.29, 1.82) is 0 Å². The fourth-order valence-corrected chi connectivity index (χ4v) is 7.28. The van der Waals surface area contributed by atoms with Crippen LogP contribution in [0.4, 0.5) is 8.78 Å². The molecule has 1 saturated carbocycles. The Bertz CT molecular complexity index is 1350. The monoisotopic (exact) mass is 609 g/mol. The van der Waals surface area contributed by atoms with E-state index in [1.807, 2.05) is 12.1 Å². The van der Waals surface area contributed by atoms with Crippen molar-refractivity contribution in [2.45, 2.75) is 71.3 Å². The Morgan fingerprint density at radius 1 is 1.05 bits per heavy atom. The van der Waals surface area contributed by atoms with Gasteiger partial charge in [-0.25, -0.2) is 8.78 Å². The highest BCUT2D eigenvalue weighted by Crippen LogP contribution is 2.50. The summed E-state index contributed by atoms with van der Waals surface area (Å²) >= 11 is 0. The second-order valence-electron chi connectivity index (χ2n) is 13.2. The van der Waals surface area contributed by atoms with Crippen molar-refractivity contribution in [3.63, 3.8) is 0 Å². The van der Waals surface area contributed by atoms with Gasteiger partial charge >= 0.3 is 0 Å². The van der Waals surface area contributed by atoms with Gasteiger partial charge in [-0.2, -0.15) is 0 Å². The molecule has 3 unspecified atom stereocenters. The summed E-state index contributed by atoms with van der Waals surface area (Å²) < 4.78 is 29.3. The first-order valence-corrected chi connectivity index (χ1v) is 15.6. The molecule has 1 fully saturated rings. The number of aliphatic hydroxyl groups excluding tert-OH is 1. The van der Waals surface area contributed by atoms with Crippen LogP contribution in [0.25, 0.3) is 0 Å². The van der Waals surface area contributed by atoms with E-state index in [9.17, 15) is 23.9 Å². The van der Waals surface area contributed by atoms with Gasteiger partial charge in [0.05, 0.1) is 0 Å².